The molecule has 1 unspecified atom stereocenters. The molecule has 0 aliphatic heterocycles. The smallest absolute Gasteiger partial charge is 0.304 e. The standard InChI is InChI=1S/C8H7O2S/c9-8(10)5-6-3-1-2-4-7(6)11/h1-3,6H,5H2,(H,9,10). The Balaban J connectivity index is 2.59. The van der Waals surface area contributed by atoms with E-state index in [-0.39, 0.29) is 12.3 Å². The Labute approximate surface area is 70.2 Å². The van der Waals surface area contributed by atoms with Crippen LogP contribution in [-0.4, -0.2) is 15.9 Å². The van der Waals surface area contributed by atoms with Crippen LogP contribution in [0.5, 0.6) is 0 Å². The molecular formula is C8H7O2S. The summed E-state index contributed by atoms with van der Waals surface area (Å²) in [6.07, 6.45) is 8.11. The second kappa shape index (κ2) is 3.44. The Morgan fingerprint density at radius 1 is 1.82 bits per heavy atom. The average molecular weight is 167 g/mol. The fourth-order valence-corrected chi connectivity index (χ4v) is 1.09. The second-order valence-electron chi connectivity index (χ2n) is 2.26. The number of hydrogen-bond acceptors (Lipinski definition) is 2. The molecule has 0 aromatic rings. The molecule has 1 rings (SSSR count). The Morgan fingerprint density at radius 2 is 2.55 bits per heavy atom. The molecule has 0 spiro atoms. The molecule has 0 amide bonds. The quantitative estimate of drug-likeness (QED) is 0.631. The molecule has 1 atom stereocenters. The Kier molecular flexibility index (Phi) is 2.54. The van der Waals surface area contributed by atoms with E-state index < -0.39 is 5.97 Å². The van der Waals surface area contributed by atoms with E-state index in [0.717, 1.165) is 0 Å². The molecule has 1 aliphatic carbocycles. The van der Waals surface area contributed by atoms with Crippen LogP contribution in [0.3, 0.4) is 0 Å². The molecule has 1 N–H and O–H groups in total. The van der Waals surface area contributed by atoms with Crippen molar-refractivity contribution in [3.8, 4) is 0 Å². The first-order valence-electron chi connectivity index (χ1n) is 3.22. The molecule has 2 nitrogen and oxygen atoms in total. The number of allylic oxidation sites excluding steroid dienone is 4. The molecule has 1 aliphatic rings. The lowest BCUT2D eigenvalue weighted by molar-refractivity contribution is -0.137. The van der Waals surface area contributed by atoms with Gasteiger partial charge in [-0.05, 0) is 6.08 Å². The van der Waals surface area contributed by atoms with Gasteiger partial charge in [0.15, 0.2) is 0 Å². The molecule has 1 radical (unpaired) electrons. The van der Waals surface area contributed by atoms with E-state index in [0.29, 0.717) is 4.86 Å². The first kappa shape index (κ1) is 8.14. The summed E-state index contributed by atoms with van der Waals surface area (Å²) in [5, 5.41) is 8.45. The average Bonchev–Trinajstić information content (AvgIpc) is 1.93. The first-order valence-corrected chi connectivity index (χ1v) is 3.63. The third-order valence-corrected chi connectivity index (χ3v) is 1.82. The van der Waals surface area contributed by atoms with Crippen molar-refractivity contribution >= 4 is 23.1 Å². The Morgan fingerprint density at radius 3 is 3.09 bits per heavy atom. The third-order valence-electron chi connectivity index (χ3n) is 1.40. The molecule has 11 heavy (non-hydrogen) atoms. The first-order chi connectivity index (χ1) is 5.20. The lowest BCUT2D eigenvalue weighted by Gasteiger charge is -2.09. The van der Waals surface area contributed by atoms with Crippen LogP contribution in [0.15, 0.2) is 18.2 Å². The summed E-state index contributed by atoms with van der Waals surface area (Å²) in [5.74, 6) is -0.974. The van der Waals surface area contributed by atoms with Crippen molar-refractivity contribution in [2.75, 3.05) is 0 Å². The van der Waals surface area contributed by atoms with Crippen molar-refractivity contribution in [1.82, 2.24) is 0 Å². The van der Waals surface area contributed by atoms with Crippen LogP contribution < -0.4 is 0 Å². The highest BCUT2D eigenvalue weighted by molar-refractivity contribution is 7.80. The van der Waals surface area contributed by atoms with Gasteiger partial charge in [0.2, 0.25) is 0 Å². The Bertz CT molecular complexity index is 240. The summed E-state index contributed by atoms with van der Waals surface area (Å²) < 4.78 is 0. The largest absolute Gasteiger partial charge is 0.481 e. The van der Waals surface area contributed by atoms with Crippen LogP contribution in [-0.2, 0) is 4.79 Å². The normalized spacial score (nSPS) is 22.2. The van der Waals surface area contributed by atoms with E-state index >= 15 is 0 Å². The maximum atomic E-state index is 10.3. The zero-order chi connectivity index (χ0) is 8.27. The maximum absolute atomic E-state index is 10.3. The van der Waals surface area contributed by atoms with E-state index in [1.54, 1.807) is 18.2 Å². The van der Waals surface area contributed by atoms with Crippen molar-refractivity contribution in [3.05, 3.63) is 24.3 Å². The van der Waals surface area contributed by atoms with Crippen molar-refractivity contribution in [2.24, 2.45) is 5.92 Å². The van der Waals surface area contributed by atoms with Crippen LogP contribution in [0.1, 0.15) is 6.42 Å². The van der Waals surface area contributed by atoms with Gasteiger partial charge in [-0.3, -0.25) is 4.79 Å². The highest BCUT2D eigenvalue weighted by Gasteiger charge is 2.14. The van der Waals surface area contributed by atoms with Crippen LogP contribution >= 0.6 is 12.2 Å². The van der Waals surface area contributed by atoms with E-state index in [1.807, 2.05) is 0 Å². The lowest BCUT2D eigenvalue weighted by atomic mass is 9.97. The third kappa shape index (κ3) is 2.27. The highest BCUT2D eigenvalue weighted by atomic mass is 32.1. The summed E-state index contributed by atoms with van der Waals surface area (Å²) in [4.78, 5) is 10.9. The molecule has 0 aromatic carbocycles. The molecule has 0 heterocycles. The minimum atomic E-state index is -0.828. The number of hydrogen-bond donors (Lipinski definition) is 1. The van der Waals surface area contributed by atoms with Crippen molar-refractivity contribution in [2.45, 2.75) is 6.42 Å². The number of aliphatic carboxylic acids is 1. The minimum absolute atomic E-state index is 0.0656. The van der Waals surface area contributed by atoms with Crippen molar-refractivity contribution in [3.63, 3.8) is 0 Å². The molecular weight excluding hydrogens is 160 g/mol. The van der Waals surface area contributed by atoms with E-state index in [9.17, 15) is 4.79 Å². The molecule has 0 saturated carbocycles. The summed E-state index contributed by atoms with van der Waals surface area (Å²) in [7, 11) is 0. The maximum Gasteiger partial charge on any atom is 0.304 e. The van der Waals surface area contributed by atoms with Crippen LogP contribution in [0, 0.1) is 12.0 Å². The SMILES string of the molecule is O=C(O)CC1C=CC=[C]C1=S. The van der Waals surface area contributed by atoms with Crippen LogP contribution in [0.4, 0.5) is 0 Å². The lowest BCUT2D eigenvalue weighted by Crippen LogP contribution is -2.14. The second-order valence-corrected chi connectivity index (χ2v) is 2.70. The summed E-state index contributed by atoms with van der Waals surface area (Å²) in [6.45, 7) is 0. The number of rotatable bonds is 2. The van der Waals surface area contributed by atoms with Gasteiger partial charge >= 0.3 is 5.97 Å². The van der Waals surface area contributed by atoms with Crippen molar-refractivity contribution in [1.29, 1.82) is 0 Å². The van der Waals surface area contributed by atoms with Gasteiger partial charge in [0.25, 0.3) is 0 Å². The van der Waals surface area contributed by atoms with Crippen LogP contribution in [0.2, 0.25) is 0 Å². The fourth-order valence-electron chi connectivity index (χ4n) is 0.863. The fraction of sp³-hybridized carbons (Fsp3) is 0.250. The zero-order valence-corrected chi connectivity index (χ0v) is 6.60. The van der Waals surface area contributed by atoms with Crippen LogP contribution in [0.25, 0.3) is 0 Å². The van der Waals surface area contributed by atoms with Gasteiger partial charge in [0.1, 0.15) is 0 Å². The highest BCUT2D eigenvalue weighted by Crippen LogP contribution is 2.12. The molecule has 0 bridgehead atoms. The zero-order valence-electron chi connectivity index (χ0n) is 5.78. The molecule has 3 heteroatoms. The van der Waals surface area contributed by atoms with E-state index in [1.165, 1.54) is 0 Å². The topological polar surface area (TPSA) is 37.3 Å². The van der Waals surface area contributed by atoms with Gasteiger partial charge in [-0.2, -0.15) is 0 Å². The monoisotopic (exact) mass is 167 g/mol. The van der Waals surface area contributed by atoms with E-state index in [2.05, 4.69) is 6.08 Å². The van der Waals surface area contributed by atoms with Gasteiger partial charge in [0, 0.05) is 10.8 Å². The van der Waals surface area contributed by atoms with Crippen molar-refractivity contribution < 1.29 is 9.90 Å². The predicted octanol–water partition coefficient (Wildman–Crippen LogP) is 1.38. The molecule has 0 aromatic heterocycles. The number of carboxylic acid groups (broad SMARTS) is 1. The minimum Gasteiger partial charge on any atom is -0.481 e. The van der Waals surface area contributed by atoms with Gasteiger partial charge in [0.05, 0.1) is 6.42 Å². The Hall–Kier alpha value is -0.960. The summed E-state index contributed by atoms with van der Waals surface area (Å²) >= 11 is 4.89. The molecule has 57 valence electrons. The van der Waals surface area contributed by atoms with Gasteiger partial charge in [-0.15, -0.1) is 0 Å². The number of carboxylic acids is 1. The number of thiocarbonyl (C=S) groups is 1. The number of carbonyl (C=O) groups is 1. The van der Waals surface area contributed by atoms with Gasteiger partial charge in [-0.25, -0.2) is 0 Å². The molecule has 0 fully saturated rings. The summed E-state index contributed by atoms with van der Waals surface area (Å²) in [5.41, 5.74) is 0. The van der Waals surface area contributed by atoms with Gasteiger partial charge < -0.3 is 5.11 Å². The van der Waals surface area contributed by atoms with Gasteiger partial charge in [-0.1, -0.05) is 30.4 Å². The predicted molar refractivity (Wildman–Crippen MR) is 45.3 cm³/mol. The van der Waals surface area contributed by atoms with E-state index in [4.69, 9.17) is 17.3 Å². The molecule has 0 saturated heterocycles. The summed E-state index contributed by atoms with van der Waals surface area (Å²) in [6, 6.07) is 0.